The molecule has 8 heteroatoms. The molecule has 150 valence electrons. The van der Waals surface area contributed by atoms with Crippen LogP contribution in [0.15, 0.2) is 40.4 Å². The van der Waals surface area contributed by atoms with Crippen LogP contribution in [0.5, 0.6) is 0 Å². The highest BCUT2D eigenvalue weighted by molar-refractivity contribution is 9.10. The number of nitrogens with zero attached hydrogens (tertiary/aromatic N) is 4. The van der Waals surface area contributed by atoms with Gasteiger partial charge in [0.2, 0.25) is 0 Å². The Morgan fingerprint density at radius 2 is 2.03 bits per heavy atom. The summed E-state index contributed by atoms with van der Waals surface area (Å²) in [5, 5.41) is 6.45. The number of pyridine rings is 1. The number of nitrogen functional groups attached to an aromatic ring is 1. The molecule has 4 rings (SSSR count). The molecule has 0 amide bonds. The summed E-state index contributed by atoms with van der Waals surface area (Å²) in [5.74, 6) is 0.573. The van der Waals surface area contributed by atoms with Gasteiger partial charge in [0.05, 0.1) is 26.4 Å². The van der Waals surface area contributed by atoms with Crippen LogP contribution < -0.4 is 5.73 Å². The standard InChI is InChI=1S/C21H21BrClN5S/c1-2-3-4-5-6-17-19(22)20(24)28-21(27-17)15(11-26-28)13-7-8-16(25-10-13)14-9-18(23)29-12-14/h7-12H,2-6,24H2,1H3. The average Bonchev–Trinajstić information content (AvgIpc) is 3.35. The molecule has 0 radical (unpaired) electrons. The maximum absolute atomic E-state index is 6.33. The Hall–Kier alpha value is -1.96. The van der Waals surface area contributed by atoms with E-state index in [2.05, 4.69) is 32.9 Å². The van der Waals surface area contributed by atoms with Gasteiger partial charge in [-0.1, -0.05) is 43.9 Å². The predicted octanol–water partition coefficient (Wildman–Crippen LogP) is 6.64. The van der Waals surface area contributed by atoms with Gasteiger partial charge >= 0.3 is 0 Å². The van der Waals surface area contributed by atoms with Crippen LogP contribution in [-0.4, -0.2) is 19.6 Å². The Morgan fingerprint density at radius 3 is 2.72 bits per heavy atom. The lowest BCUT2D eigenvalue weighted by molar-refractivity contribution is 0.659. The number of unbranched alkanes of at least 4 members (excludes halogenated alkanes) is 3. The number of thiophene rings is 1. The van der Waals surface area contributed by atoms with Gasteiger partial charge in [-0.3, -0.25) is 4.98 Å². The van der Waals surface area contributed by atoms with E-state index in [1.165, 1.54) is 30.6 Å². The van der Waals surface area contributed by atoms with E-state index in [9.17, 15) is 0 Å². The summed E-state index contributed by atoms with van der Waals surface area (Å²) >= 11 is 11.1. The third-order valence-corrected chi connectivity index (χ3v) is 6.85. The van der Waals surface area contributed by atoms with Gasteiger partial charge in [-0.2, -0.15) is 9.61 Å². The summed E-state index contributed by atoms with van der Waals surface area (Å²) in [6.45, 7) is 2.21. The second-order valence-electron chi connectivity index (χ2n) is 6.93. The lowest BCUT2D eigenvalue weighted by Crippen LogP contribution is -2.06. The normalized spacial score (nSPS) is 11.4. The lowest BCUT2D eigenvalue weighted by atomic mass is 10.1. The quantitative estimate of drug-likeness (QED) is 0.295. The first-order valence-electron chi connectivity index (χ1n) is 9.61. The highest BCUT2D eigenvalue weighted by atomic mass is 79.9. The van der Waals surface area contributed by atoms with E-state index >= 15 is 0 Å². The van der Waals surface area contributed by atoms with E-state index in [4.69, 9.17) is 22.3 Å². The van der Waals surface area contributed by atoms with Crippen LogP contribution in [0, 0.1) is 0 Å². The minimum atomic E-state index is 0.573. The first kappa shape index (κ1) is 20.3. The van der Waals surface area contributed by atoms with E-state index in [1.807, 2.05) is 29.8 Å². The van der Waals surface area contributed by atoms with Crippen molar-refractivity contribution in [3.05, 3.63) is 50.5 Å². The van der Waals surface area contributed by atoms with Crippen LogP contribution in [0.4, 0.5) is 5.82 Å². The summed E-state index contributed by atoms with van der Waals surface area (Å²) in [4.78, 5) is 9.48. The smallest absolute Gasteiger partial charge is 0.165 e. The molecule has 4 heterocycles. The molecule has 4 aromatic heterocycles. The summed E-state index contributed by atoms with van der Waals surface area (Å²) in [6.07, 6.45) is 9.27. The van der Waals surface area contributed by atoms with Gasteiger partial charge < -0.3 is 5.73 Å². The van der Waals surface area contributed by atoms with E-state index in [-0.39, 0.29) is 0 Å². The molecule has 0 fully saturated rings. The summed E-state index contributed by atoms with van der Waals surface area (Å²) < 4.78 is 3.27. The van der Waals surface area contributed by atoms with Gasteiger partial charge in [-0.25, -0.2) is 4.98 Å². The molecular formula is C21H21BrClN5S. The fourth-order valence-electron chi connectivity index (χ4n) is 3.30. The Bertz CT molecular complexity index is 1140. The summed E-state index contributed by atoms with van der Waals surface area (Å²) in [6, 6.07) is 5.95. The van der Waals surface area contributed by atoms with E-state index in [0.717, 1.165) is 55.4 Å². The second kappa shape index (κ2) is 8.81. The Balaban J connectivity index is 1.67. The molecule has 0 bridgehead atoms. The van der Waals surface area contributed by atoms with Crippen molar-refractivity contribution >= 4 is 50.3 Å². The molecule has 29 heavy (non-hydrogen) atoms. The monoisotopic (exact) mass is 489 g/mol. The van der Waals surface area contributed by atoms with E-state index in [1.54, 1.807) is 10.7 Å². The first-order valence-corrected chi connectivity index (χ1v) is 11.7. The van der Waals surface area contributed by atoms with Crippen LogP contribution in [0.25, 0.3) is 28.0 Å². The van der Waals surface area contributed by atoms with Crippen LogP contribution in [0.1, 0.15) is 38.3 Å². The molecule has 5 nitrogen and oxygen atoms in total. The molecule has 0 aliphatic rings. The van der Waals surface area contributed by atoms with Crippen LogP contribution in [-0.2, 0) is 6.42 Å². The Labute approximate surface area is 187 Å². The van der Waals surface area contributed by atoms with Crippen molar-refractivity contribution in [1.29, 1.82) is 0 Å². The minimum Gasteiger partial charge on any atom is -0.383 e. The van der Waals surface area contributed by atoms with Gasteiger partial charge in [0.15, 0.2) is 5.65 Å². The summed E-state index contributed by atoms with van der Waals surface area (Å²) in [7, 11) is 0. The number of halogens is 2. The zero-order chi connectivity index (χ0) is 20.4. The summed E-state index contributed by atoms with van der Waals surface area (Å²) in [5.41, 5.74) is 11.8. The van der Waals surface area contributed by atoms with Crippen LogP contribution in [0.3, 0.4) is 0 Å². The molecule has 2 N–H and O–H groups in total. The first-order chi connectivity index (χ1) is 14.1. The van der Waals surface area contributed by atoms with Gasteiger partial charge in [0.25, 0.3) is 0 Å². The third kappa shape index (κ3) is 4.17. The van der Waals surface area contributed by atoms with Crippen LogP contribution >= 0.6 is 38.9 Å². The topological polar surface area (TPSA) is 69.1 Å². The van der Waals surface area contributed by atoms with Crippen LogP contribution in [0.2, 0.25) is 4.34 Å². The molecular weight excluding hydrogens is 470 g/mol. The van der Waals surface area contributed by atoms with Crippen molar-refractivity contribution in [2.75, 3.05) is 5.73 Å². The average molecular weight is 491 g/mol. The second-order valence-corrected chi connectivity index (χ2v) is 9.27. The number of aryl methyl sites for hydroxylation is 1. The largest absolute Gasteiger partial charge is 0.383 e. The molecule has 0 saturated carbocycles. The minimum absolute atomic E-state index is 0.573. The molecule has 4 aromatic rings. The number of anilines is 1. The number of rotatable bonds is 7. The van der Waals surface area contributed by atoms with Crippen molar-refractivity contribution in [3.63, 3.8) is 0 Å². The number of hydrogen-bond acceptors (Lipinski definition) is 5. The molecule has 0 saturated heterocycles. The SMILES string of the molecule is CCCCCCc1nc2c(-c3ccc(-c4csc(Cl)c4)nc3)cnn2c(N)c1Br. The number of hydrogen-bond donors (Lipinski definition) is 1. The van der Waals surface area contributed by atoms with Crippen molar-refractivity contribution in [2.24, 2.45) is 0 Å². The zero-order valence-corrected chi connectivity index (χ0v) is 19.2. The highest BCUT2D eigenvalue weighted by Crippen LogP contribution is 2.32. The number of nitrogens with two attached hydrogens (primary N) is 1. The Morgan fingerprint density at radius 1 is 1.17 bits per heavy atom. The van der Waals surface area contributed by atoms with Gasteiger partial charge in [0.1, 0.15) is 5.82 Å². The van der Waals surface area contributed by atoms with Gasteiger partial charge in [0, 0.05) is 28.3 Å². The van der Waals surface area contributed by atoms with Crippen molar-refractivity contribution in [2.45, 2.75) is 39.0 Å². The third-order valence-electron chi connectivity index (χ3n) is 4.90. The fourth-order valence-corrected chi connectivity index (χ4v) is 4.63. The molecule has 0 spiro atoms. The molecule has 0 unspecified atom stereocenters. The van der Waals surface area contributed by atoms with Crippen molar-refractivity contribution in [3.8, 4) is 22.4 Å². The number of aromatic nitrogens is 4. The lowest BCUT2D eigenvalue weighted by Gasteiger charge is -2.09. The van der Waals surface area contributed by atoms with Crippen molar-refractivity contribution < 1.29 is 0 Å². The van der Waals surface area contributed by atoms with Crippen molar-refractivity contribution in [1.82, 2.24) is 19.6 Å². The predicted molar refractivity (Wildman–Crippen MR) is 124 cm³/mol. The molecule has 0 aliphatic carbocycles. The highest BCUT2D eigenvalue weighted by Gasteiger charge is 2.16. The van der Waals surface area contributed by atoms with E-state index < -0.39 is 0 Å². The Kier molecular flexibility index (Phi) is 6.18. The van der Waals surface area contributed by atoms with Gasteiger partial charge in [-0.15, -0.1) is 11.3 Å². The molecule has 0 aliphatic heterocycles. The molecule has 0 atom stereocenters. The molecule has 0 aromatic carbocycles. The van der Waals surface area contributed by atoms with E-state index in [0.29, 0.717) is 5.82 Å². The number of fused-ring (bicyclic) bond motifs is 1. The zero-order valence-electron chi connectivity index (χ0n) is 16.0. The fraction of sp³-hybridized carbons (Fsp3) is 0.286. The van der Waals surface area contributed by atoms with Gasteiger partial charge in [-0.05, 0) is 40.9 Å². The maximum Gasteiger partial charge on any atom is 0.165 e. The maximum atomic E-state index is 6.33.